The van der Waals surface area contributed by atoms with E-state index in [4.69, 9.17) is 0 Å². The SMILES string of the molecule is CCNCC1CCCCC1C(F)(F)F. The maximum absolute atomic E-state index is 12.6. The molecule has 84 valence electrons. The summed E-state index contributed by atoms with van der Waals surface area (Å²) in [6, 6.07) is 0. The van der Waals surface area contributed by atoms with Crippen LogP contribution in [0.3, 0.4) is 0 Å². The normalized spacial score (nSPS) is 29.1. The van der Waals surface area contributed by atoms with Crippen molar-refractivity contribution >= 4 is 0 Å². The van der Waals surface area contributed by atoms with Gasteiger partial charge in [0.1, 0.15) is 0 Å². The molecule has 1 aliphatic carbocycles. The Morgan fingerprint density at radius 1 is 1.21 bits per heavy atom. The van der Waals surface area contributed by atoms with E-state index in [1.54, 1.807) is 0 Å². The molecule has 0 spiro atoms. The number of alkyl halides is 3. The summed E-state index contributed by atoms with van der Waals surface area (Å²) < 4.78 is 37.8. The van der Waals surface area contributed by atoms with Gasteiger partial charge < -0.3 is 5.32 Å². The van der Waals surface area contributed by atoms with Gasteiger partial charge in [0, 0.05) is 0 Å². The minimum atomic E-state index is -4.00. The molecule has 0 heterocycles. The van der Waals surface area contributed by atoms with Crippen molar-refractivity contribution in [1.29, 1.82) is 0 Å². The Kier molecular flexibility index (Phi) is 4.23. The van der Waals surface area contributed by atoms with E-state index in [1.807, 2.05) is 6.92 Å². The van der Waals surface area contributed by atoms with Gasteiger partial charge in [0.25, 0.3) is 0 Å². The van der Waals surface area contributed by atoms with Crippen molar-refractivity contribution in [2.45, 2.75) is 38.8 Å². The molecule has 0 amide bonds. The van der Waals surface area contributed by atoms with Crippen molar-refractivity contribution in [2.75, 3.05) is 13.1 Å². The predicted octanol–water partition coefficient (Wildman–Crippen LogP) is 2.96. The van der Waals surface area contributed by atoms with Crippen molar-refractivity contribution < 1.29 is 13.2 Å². The van der Waals surface area contributed by atoms with Crippen LogP contribution in [0.5, 0.6) is 0 Å². The minimum Gasteiger partial charge on any atom is -0.317 e. The third-order valence-corrected chi connectivity index (χ3v) is 2.99. The third-order valence-electron chi connectivity index (χ3n) is 2.99. The maximum atomic E-state index is 12.6. The summed E-state index contributed by atoms with van der Waals surface area (Å²) in [5, 5.41) is 3.02. The fourth-order valence-electron chi connectivity index (χ4n) is 2.21. The first-order valence-electron chi connectivity index (χ1n) is 5.33. The Labute approximate surface area is 83.1 Å². The highest BCUT2D eigenvalue weighted by molar-refractivity contribution is 4.81. The number of halogens is 3. The van der Waals surface area contributed by atoms with Crippen LogP contribution in [0.15, 0.2) is 0 Å². The fraction of sp³-hybridized carbons (Fsp3) is 1.00. The predicted molar refractivity (Wildman–Crippen MR) is 50.0 cm³/mol. The molecule has 1 saturated carbocycles. The lowest BCUT2D eigenvalue weighted by Gasteiger charge is -2.33. The van der Waals surface area contributed by atoms with E-state index in [-0.39, 0.29) is 5.92 Å². The van der Waals surface area contributed by atoms with E-state index in [2.05, 4.69) is 5.32 Å². The zero-order valence-corrected chi connectivity index (χ0v) is 8.53. The molecule has 1 N–H and O–H groups in total. The van der Waals surface area contributed by atoms with Crippen molar-refractivity contribution in [1.82, 2.24) is 5.32 Å². The van der Waals surface area contributed by atoms with E-state index >= 15 is 0 Å². The van der Waals surface area contributed by atoms with E-state index in [0.29, 0.717) is 13.0 Å². The van der Waals surface area contributed by atoms with E-state index in [1.165, 1.54) is 0 Å². The molecule has 2 atom stereocenters. The molecule has 0 aliphatic heterocycles. The van der Waals surface area contributed by atoms with Crippen molar-refractivity contribution in [3.63, 3.8) is 0 Å². The number of hydrogen-bond acceptors (Lipinski definition) is 1. The highest BCUT2D eigenvalue weighted by atomic mass is 19.4. The molecule has 1 fully saturated rings. The summed E-state index contributed by atoms with van der Waals surface area (Å²) in [7, 11) is 0. The second kappa shape index (κ2) is 5.01. The molecular weight excluding hydrogens is 191 g/mol. The van der Waals surface area contributed by atoms with Crippen LogP contribution in [0, 0.1) is 11.8 Å². The molecule has 2 unspecified atom stereocenters. The minimum absolute atomic E-state index is 0.205. The monoisotopic (exact) mass is 209 g/mol. The van der Waals surface area contributed by atoms with Crippen LogP contribution in [0.4, 0.5) is 13.2 Å². The van der Waals surface area contributed by atoms with Crippen molar-refractivity contribution in [3.8, 4) is 0 Å². The highest BCUT2D eigenvalue weighted by Crippen LogP contribution is 2.40. The van der Waals surface area contributed by atoms with Gasteiger partial charge in [0.15, 0.2) is 0 Å². The van der Waals surface area contributed by atoms with Gasteiger partial charge in [0.2, 0.25) is 0 Å². The first kappa shape index (κ1) is 11.8. The molecule has 0 aromatic heterocycles. The first-order chi connectivity index (χ1) is 6.55. The molecule has 0 aromatic carbocycles. The standard InChI is InChI=1S/C10H18F3N/c1-2-14-7-8-5-3-4-6-9(8)10(11,12)13/h8-9,14H,2-7H2,1H3. The average Bonchev–Trinajstić information content (AvgIpc) is 2.14. The van der Waals surface area contributed by atoms with Crippen LogP contribution in [0.25, 0.3) is 0 Å². The van der Waals surface area contributed by atoms with Crippen LogP contribution in [-0.4, -0.2) is 19.3 Å². The Morgan fingerprint density at radius 3 is 2.43 bits per heavy atom. The molecule has 1 aliphatic rings. The van der Waals surface area contributed by atoms with E-state index in [9.17, 15) is 13.2 Å². The quantitative estimate of drug-likeness (QED) is 0.753. The fourth-order valence-corrected chi connectivity index (χ4v) is 2.21. The molecule has 0 radical (unpaired) electrons. The van der Waals surface area contributed by atoms with E-state index < -0.39 is 12.1 Å². The first-order valence-corrected chi connectivity index (χ1v) is 5.33. The Morgan fingerprint density at radius 2 is 1.86 bits per heavy atom. The zero-order chi connectivity index (χ0) is 10.6. The second-order valence-electron chi connectivity index (χ2n) is 4.00. The van der Waals surface area contributed by atoms with Crippen LogP contribution in [0.2, 0.25) is 0 Å². The lowest BCUT2D eigenvalue weighted by molar-refractivity contribution is -0.195. The van der Waals surface area contributed by atoms with Gasteiger partial charge in [0.05, 0.1) is 5.92 Å². The number of nitrogens with one attached hydrogen (secondary N) is 1. The molecule has 0 aromatic rings. The Hall–Kier alpha value is -0.250. The van der Waals surface area contributed by atoms with Crippen LogP contribution >= 0.6 is 0 Å². The van der Waals surface area contributed by atoms with Gasteiger partial charge in [-0.05, 0) is 31.8 Å². The van der Waals surface area contributed by atoms with Gasteiger partial charge in [-0.3, -0.25) is 0 Å². The summed E-state index contributed by atoms with van der Waals surface area (Å²) in [5.41, 5.74) is 0. The van der Waals surface area contributed by atoms with Crippen LogP contribution < -0.4 is 5.32 Å². The summed E-state index contributed by atoms with van der Waals surface area (Å²) in [6.07, 6.45) is -1.29. The van der Waals surface area contributed by atoms with Crippen LogP contribution in [0.1, 0.15) is 32.6 Å². The third kappa shape index (κ3) is 3.15. The van der Waals surface area contributed by atoms with Gasteiger partial charge in [-0.1, -0.05) is 19.8 Å². The topological polar surface area (TPSA) is 12.0 Å². The Balaban J connectivity index is 2.50. The maximum Gasteiger partial charge on any atom is 0.392 e. The molecular formula is C10H18F3N. The summed E-state index contributed by atoms with van der Waals surface area (Å²) >= 11 is 0. The molecule has 0 bridgehead atoms. The molecule has 1 rings (SSSR count). The molecule has 4 heteroatoms. The van der Waals surface area contributed by atoms with Crippen molar-refractivity contribution in [2.24, 2.45) is 11.8 Å². The Bertz CT molecular complexity index is 167. The van der Waals surface area contributed by atoms with Crippen LogP contribution in [-0.2, 0) is 0 Å². The smallest absolute Gasteiger partial charge is 0.317 e. The molecule has 1 nitrogen and oxygen atoms in total. The van der Waals surface area contributed by atoms with Crippen molar-refractivity contribution in [3.05, 3.63) is 0 Å². The number of rotatable bonds is 3. The highest BCUT2D eigenvalue weighted by Gasteiger charge is 2.44. The van der Waals surface area contributed by atoms with Gasteiger partial charge in [-0.15, -0.1) is 0 Å². The average molecular weight is 209 g/mol. The van der Waals surface area contributed by atoms with E-state index in [0.717, 1.165) is 25.8 Å². The number of hydrogen-bond donors (Lipinski definition) is 1. The summed E-state index contributed by atoms with van der Waals surface area (Å²) in [5.74, 6) is -1.28. The second-order valence-corrected chi connectivity index (χ2v) is 4.00. The van der Waals surface area contributed by atoms with Gasteiger partial charge in [-0.25, -0.2) is 0 Å². The van der Waals surface area contributed by atoms with Gasteiger partial charge >= 0.3 is 6.18 Å². The lowest BCUT2D eigenvalue weighted by Crippen LogP contribution is -2.38. The zero-order valence-electron chi connectivity index (χ0n) is 8.53. The summed E-state index contributed by atoms with van der Waals surface area (Å²) in [4.78, 5) is 0. The van der Waals surface area contributed by atoms with Gasteiger partial charge in [-0.2, -0.15) is 13.2 Å². The molecule has 14 heavy (non-hydrogen) atoms. The molecule has 0 saturated heterocycles. The summed E-state index contributed by atoms with van der Waals surface area (Å²) in [6.45, 7) is 3.19. The largest absolute Gasteiger partial charge is 0.392 e. The lowest BCUT2D eigenvalue weighted by atomic mass is 9.79.